The first-order valence-corrected chi connectivity index (χ1v) is 4.40. The van der Waals surface area contributed by atoms with E-state index in [0.717, 1.165) is 12.1 Å². The molecule has 16 heavy (non-hydrogen) atoms. The maximum Gasteiger partial charge on any atom is 0.377 e. The molecule has 0 fully saturated rings. The van der Waals surface area contributed by atoms with Crippen molar-refractivity contribution in [3.8, 4) is 5.75 Å². The zero-order valence-corrected chi connectivity index (χ0v) is 8.03. The third-order valence-corrected chi connectivity index (χ3v) is 2.14. The summed E-state index contributed by atoms with van der Waals surface area (Å²) in [5.74, 6) is -3.61. The molecule has 0 radical (unpaired) electrons. The summed E-state index contributed by atoms with van der Waals surface area (Å²) in [6.45, 7) is 0.174. The van der Waals surface area contributed by atoms with E-state index in [1.54, 1.807) is 0 Å². The zero-order valence-electron chi connectivity index (χ0n) is 8.03. The normalized spacial score (nSPS) is 13.8. The third kappa shape index (κ3) is 1.74. The molecule has 1 aliphatic heterocycles. The van der Waals surface area contributed by atoms with E-state index in [4.69, 9.17) is 14.6 Å². The van der Waals surface area contributed by atoms with Crippen LogP contribution in [-0.2, 0) is 16.1 Å². The van der Waals surface area contributed by atoms with Crippen LogP contribution in [-0.4, -0.2) is 23.7 Å². The number of Topliss-reactive ketones (excluding diaryl/α,β-unsaturated/α-hetero) is 1. The summed E-state index contributed by atoms with van der Waals surface area (Å²) in [6.07, 6.45) is 0. The monoisotopic (exact) mass is 226 g/mol. The van der Waals surface area contributed by atoms with Crippen molar-refractivity contribution in [2.24, 2.45) is 0 Å². The van der Waals surface area contributed by atoms with Crippen molar-refractivity contribution in [2.45, 2.75) is 6.61 Å². The van der Waals surface area contributed by atoms with Crippen molar-refractivity contribution < 1.29 is 28.6 Å². The number of benzene rings is 1. The number of aliphatic carboxylic acids is 1. The predicted octanol–water partition coefficient (Wildman–Crippen LogP) is 0.960. The Hall–Kier alpha value is -1.95. The van der Waals surface area contributed by atoms with Crippen LogP contribution in [0, 0.1) is 5.82 Å². The molecule has 0 unspecified atom stereocenters. The lowest BCUT2D eigenvalue weighted by Crippen LogP contribution is -2.17. The number of halogens is 1. The number of hydrogen-bond acceptors (Lipinski definition) is 4. The van der Waals surface area contributed by atoms with Crippen molar-refractivity contribution in [3.05, 3.63) is 29.1 Å². The summed E-state index contributed by atoms with van der Waals surface area (Å²) in [7, 11) is 0. The van der Waals surface area contributed by atoms with Gasteiger partial charge in [0.25, 0.3) is 5.78 Å². The number of carboxylic acids is 1. The quantitative estimate of drug-likeness (QED) is 0.600. The Labute approximate surface area is 89.4 Å². The number of fused-ring (bicyclic) bond motifs is 1. The van der Waals surface area contributed by atoms with Gasteiger partial charge in [-0.25, -0.2) is 9.18 Å². The molecule has 0 spiro atoms. The Balaban J connectivity index is 2.47. The molecule has 0 saturated heterocycles. The second-order valence-corrected chi connectivity index (χ2v) is 3.18. The molecule has 0 aromatic heterocycles. The Morgan fingerprint density at radius 3 is 2.81 bits per heavy atom. The molecule has 2 rings (SSSR count). The Morgan fingerprint density at radius 2 is 2.12 bits per heavy atom. The van der Waals surface area contributed by atoms with E-state index in [1.165, 1.54) is 0 Å². The Kier molecular flexibility index (Phi) is 2.57. The van der Waals surface area contributed by atoms with Gasteiger partial charge in [0.1, 0.15) is 11.6 Å². The van der Waals surface area contributed by atoms with Crippen molar-refractivity contribution in [1.82, 2.24) is 0 Å². The van der Waals surface area contributed by atoms with Crippen molar-refractivity contribution in [3.63, 3.8) is 0 Å². The van der Waals surface area contributed by atoms with Crippen molar-refractivity contribution in [1.29, 1.82) is 0 Å². The van der Waals surface area contributed by atoms with Gasteiger partial charge in [-0.3, -0.25) is 4.79 Å². The second-order valence-electron chi connectivity index (χ2n) is 3.18. The predicted molar refractivity (Wildman–Crippen MR) is 48.7 cm³/mol. The van der Waals surface area contributed by atoms with E-state index < -0.39 is 23.1 Å². The van der Waals surface area contributed by atoms with E-state index in [1.807, 2.05) is 0 Å². The number of ether oxygens (including phenoxy) is 2. The van der Waals surface area contributed by atoms with E-state index in [-0.39, 0.29) is 19.1 Å². The molecule has 1 aromatic carbocycles. The van der Waals surface area contributed by atoms with Crippen LogP contribution in [0.2, 0.25) is 0 Å². The molecule has 1 aliphatic rings. The summed E-state index contributed by atoms with van der Waals surface area (Å²) in [5, 5.41) is 8.48. The maximum atomic E-state index is 13.4. The molecule has 0 amide bonds. The summed E-state index contributed by atoms with van der Waals surface area (Å²) < 4.78 is 23.3. The summed E-state index contributed by atoms with van der Waals surface area (Å²) in [5.41, 5.74) is -0.0566. The van der Waals surface area contributed by atoms with Crippen LogP contribution in [0.25, 0.3) is 0 Å². The molecule has 1 heterocycles. The highest BCUT2D eigenvalue weighted by Gasteiger charge is 2.23. The van der Waals surface area contributed by atoms with E-state index in [9.17, 15) is 14.0 Å². The van der Waals surface area contributed by atoms with Crippen LogP contribution < -0.4 is 4.74 Å². The molecule has 6 heteroatoms. The maximum absolute atomic E-state index is 13.4. The SMILES string of the molecule is O=C(O)C(=O)c1cc2c(cc1F)COCO2. The smallest absolute Gasteiger partial charge is 0.377 e. The molecule has 1 aromatic rings. The van der Waals surface area contributed by atoms with Gasteiger partial charge in [0, 0.05) is 5.56 Å². The largest absolute Gasteiger partial charge is 0.475 e. The first-order valence-electron chi connectivity index (χ1n) is 4.40. The minimum absolute atomic E-state index is 0.000660. The van der Waals surface area contributed by atoms with E-state index in [2.05, 4.69) is 0 Å². The summed E-state index contributed by atoms with van der Waals surface area (Å²) >= 11 is 0. The first-order chi connectivity index (χ1) is 7.59. The number of carboxylic acid groups (broad SMARTS) is 1. The number of carbonyl (C=O) groups is 2. The number of rotatable bonds is 2. The molecular weight excluding hydrogens is 219 g/mol. The van der Waals surface area contributed by atoms with Crippen LogP contribution >= 0.6 is 0 Å². The minimum Gasteiger partial charge on any atom is -0.475 e. The lowest BCUT2D eigenvalue weighted by Gasteiger charge is -2.18. The van der Waals surface area contributed by atoms with Gasteiger partial charge in [0.2, 0.25) is 0 Å². The average Bonchev–Trinajstić information content (AvgIpc) is 2.27. The highest BCUT2D eigenvalue weighted by molar-refractivity contribution is 6.40. The third-order valence-electron chi connectivity index (χ3n) is 2.14. The molecule has 1 N–H and O–H groups in total. The summed E-state index contributed by atoms with van der Waals surface area (Å²) in [4.78, 5) is 21.6. The molecule has 84 valence electrons. The first kappa shape index (κ1) is 10.6. The van der Waals surface area contributed by atoms with E-state index >= 15 is 0 Å². The highest BCUT2D eigenvalue weighted by atomic mass is 19.1. The average molecular weight is 226 g/mol. The van der Waals surface area contributed by atoms with Crippen molar-refractivity contribution in [2.75, 3.05) is 6.79 Å². The second kappa shape index (κ2) is 3.90. The van der Waals surface area contributed by atoms with Gasteiger partial charge in [-0.1, -0.05) is 0 Å². The van der Waals surface area contributed by atoms with Crippen LogP contribution in [0.5, 0.6) is 5.75 Å². The fourth-order valence-electron chi connectivity index (χ4n) is 1.39. The van der Waals surface area contributed by atoms with Crippen LogP contribution in [0.3, 0.4) is 0 Å². The lowest BCUT2D eigenvalue weighted by atomic mass is 10.1. The van der Waals surface area contributed by atoms with E-state index in [0.29, 0.717) is 5.56 Å². The number of carbonyl (C=O) groups excluding carboxylic acids is 1. The lowest BCUT2D eigenvalue weighted by molar-refractivity contribution is -0.131. The standard InChI is InChI=1S/C10H7FO5/c11-7-1-5-3-15-4-16-8(5)2-6(7)9(12)10(13)14/h1-2H,3-4H2,(H,13,14). The highest BCUT2D eigenvalue weighted by Crippen LogP contribution is 2.27. The van der Waals surface area contributed by atoms with Gasteiger partial charge in [-0.05, 0) is 12.1 Å². The van der Waals surface area contributed by atoms with Crippen LogP contribution in [0.4, 0.5) is 4.39 Å². The van der Waals surface area contributed by atoms with Gasteiger partial charge >= 0.3 is 5.97 Å². The number of hydrogen-bond donors (Lipinski definition) is 1. The Bertz CT molecular complexity index is 469. The fraction of sp³-hybridized carbons (Fsp3) is 0.200. The summed E-state index contributed by atoms with van der Waals surface area (Å²) in [6, 6.07) is 2.13. The van der Waals surface area contributed by atoms with Crippen molar-refractivity contribution >= 4 is 11.8 Å². The van der Waals surface area contributed by atoms with Gasteiger partial charge in [-0.2, -0.15) is 0 Å². The fourth-order valence-corrected chi connectivity index (χ4v) is 1.39. The molecule has 5 nitrogen and oxygen atoms in total. The van der Waals surface area contributed by atoms with Gasteiger partial charge < -0.3 is 14.6 Å². The number of ketones is 1. The molecule has 0 saturated carbocycles. The molecule has 0 bridgehead atoms. The van der Waals surface area contributed by atoms with Gasteiger partial charge in [0.05, 0.1) is 12.2 Å². The Morgan fingerprint density at radius 1 is 1.38 bits per heavy atom. The van der Waals surface area contributed by atoms with Gasteiger partial charge in [-0.15, -0.1) is 0 Å². The molecule has 0 atom stereocenters. The van der Waals surface area contributed by atoms with Crippen LogP contribution in [0.1, 0.15) is 15.9 Å². The molecule has 0 aliphatic carbocycles. The topological polar surface area (TPSA) is 72.8 Å². The zero-order chi connectivity index (χ0) is 11.7. The minimum atomic E-state index is -1.70. The van der Waals surface area contributed by atoms with Crippen LogP contribution in [0.15, 0.2) is 12.1 Å². The molecular formula is C10H7FO5. The van der Waals surface area contributed by atoms with Gasteiger partial charge in [0.15, 0.2) is 6.79 Å².